The fourth-order valence-corrected chi connectivity index (χ4v) is 2.08. The van der Waals surface area contributed by atoms with Crippen molar-refractivity contribution < 1.29 is 9.84 Å². The predicted molar refractivity (Wildman–Crippen MR) is 73.6 cm³/mol. The summed E-state index contributed by atoms with van der Waals surface area (Å²) in [6, 6.07) is 9.24. The van der Waals surface area contributed by atoms with Crippen LogP contribution >= 0.6 is 0 Å². The number of aromatic hydroxyl groups is 1. The standard InChI is InChI=1S/C15H14N2O2/c1-10-3-6-15-16-12(9-17(15)8-10)11-4-5-13(18)14(7-11)19-2/h3-9,18H,1-2H3. The van der Waals surface area contributed by atoms with Crippen LogP contribution in [0.1, 0.15) is 5.56 Å². The van der Waals surface area contributed by atoms with Crippen molar-refractivity contribution in [2.45, 2.75) is 6.92 Å². The summed E-state index contributed by atoms with van der Waals surface area (Å²) in [5.41, 5.74) is 3.84. The van der Waals surface area contributed by atoms with Crippen LogP contribution < -0.4 is 4.74 Å². The Bertz CT molecular complexity index is 747. The van der Waals surface area contributed by atoms with Crippen molar-refractivity contribution in [1.29, 1.82) is 0 Å². The molecule has 19 heavy (non-hydrogen) atoms. The van der Waals surface area contributed by atoms with Crippen molar-refractivity contribution in [3.8, 4) is 22.8 Å². The second-order valence-corrected chi connectivity index (χ2v) is 4.48. The van der Waals surface area contributed by atoms with Gasteiger partial charge in [0.25, 0.3) is 0 Å². The lowest BCUT2D eigenvalue weighted by Crippen LogP contribution is -1.85. The molecule has 2 aromatic heterocycles. The zero-order valence-corrected chi connectivity index (χ0v) is 10.8. The van der Waals surface area contributed by atoms with Crippen molar-refractivity contribution in [2.75, 3.05) is 7.11 Å². The molecule has 0 atom stereocenters. The van der Waals surface area contributed by atoms with Gasteiger partial charge in [-0.25, -0.2) is 4.98 Å². The number of hydrogen-bond acceptors (Lipinski definition) is 3. The molecule has 4 nitrogen and oxygen atoms in total. The minimum atomic E-state index is 0.130. The van der Waals surface area contributed by atoms with Crippen LogP contribution in [0.4, 0.5) is 0 Å². The predicted octanol–water partition coefficient (Wildman–Crippen LogP) is 3.02. The topological polar surface area (TPSA) is 46.8 Å². The summed E-state index contributed by atoms with van der Waals surface area (Å²) in [6.45, 7) is 2.04. The van der Waals surface area contributed by atoms with Gasteiger partial charge in [0.1, 0.15) is 5.65 Å². The van der Waals surface area contributed by atoms with Gasteiger partial charge in [-0.15, -0.1) is 0 Å². The van der Waals surface area contributed by atoms with Gasteiger partial charge >= 0.3 is 0 Å². The number of fused-ring (bicyclic) bond motifs is 1. The zero-order valence-electron chi connectivity index (χ0n) is 10.8. The molecule has 3 aromatic rings. The maximum Gasteiger partial charge on any atom is 0.161 e. The number of aromatic nitrogens is 2. The molecule has 0 spiro atoms. The van der Waals surface area contributed by atoms with Gasteiger partial charge in [0.2, 0.25) is 0 Å². The first-order valence-corrected chi connectivity index (χ1v) is 6.00. The summed E-state index contributed by atoms with van der Waals surface area (Å²) in [7, 11) is 1.53. The van der Waals surface area contributed by atoms with Gasteiger partial charge in [0.15, 0.2) is 11.5 Å². The van der Waals surface area contributed by atoms with Crippen LogP contribution in [0.25, 0.3) is 16.9 Å². The number of rotatable bonds is 2. The number of nitrogens with zero attached hydrogens (tertiary/aromatic N) is 2. The number of phenolic OH excluding ortho intramolecular Hbond substituents is 1. The van der Waals surface area contributed by atoms with Crippen molar-refractivity contribution >= 4 is 5.65 Å². The van der Waals surface area contributed by atoms with E-state index in [4.69, 9.17) is 4.74 Å². The normalized spacial score (nSPS) is 10.8. The highest BCUT2D eigenvalue weighted by molar-refractivity contribution is 5.66. The number of aryl methyl sites for hydroxylation is 1. The molecule has 96 valence electrons. The van der Waals surface area contributed by atoms with Crippen LogP contribution in [0.2, 0.25) is 0 Å². The lowest BCUT2D eigenvalue weighted by molar-refractivity contribution is 0.373. The maximum absolute atomic E-state index is 9.61. The summed E-state index contributed by atoms with van der Waals surface area (Å²) in [5, 5.41) is 9.61. The highest BCUT2D eigenvalue weighted by atomic mass is 16.5. The number of phenols is 1. The first kappa shape index (κ1) is 11.6. The lowest BCUT2D eigenvalue weighted by atomic mass is 10.1. The molecule has 0 saturated carbocycles. The van der Waals surface area contributed by atoms with Gasteiger partial charge in [-0.3, -0.25) is 0 Å². The van der Waals surface area contributed by atoms with Gasteiger partial charge in [-0.2, -0.15) is 0 Å². The quantitative estimate of drug-likeness (QED) is 0.764. The first-order chi connectivity index (χ1) is 9.17. The van der Waals surface area contributed by atoms with Crippen molar-refractivity contribution in [3.05, 3.63) is 48.3 Å². The van der Waals surface area contributed by atoms with E-state index >= 15 is 0 Å². The van der Waals surface area contributed by atoms with Gasteiger partial charge < -0.3 is 14.2 Å². The molecule has 2 heterocycles. The van der Waals surface area contributed by atoms with Gasteiger partial charge in [0.05, 0.1) is 12.8 Å². The smallest absolute Gasteiger partial charge is 0.161 e. The highest BCUT2D eigenvalue weighted by Crippen LogP contribution is 2.31. The minimum absolute atomic E-state index is 0.130. The minimum Gasteiger partial charge on any atom is -0.504 e. The molecule has 0 aliphatic rings. The molecule has 0 saturated heterocycles. The van der Waals surface area contributed by atoms with Crippen molar-refractivity contribution in [3.63, 3.8) is 0 Å². The monoisotopic (exact) mass is 254 g/mol. The van der Waals surface area contributed by atoms with Gasteiger partial charge in [-0.05, 0) is 36.8 Å². The van der Waals surface area contributed by atoms with Crippen LogP contribution in [0, 0.1) is 6.92 Å². The molecular formula is C15H14N2O2. The third-order valence-electron chi connectivity index (χ3n) is 3.07. The molecule has 3 rings (SSSR count). The number of benzene rings is 1. The lowest BCUT2D eigenvalue weighted by Gasteiger charge is -2.04. The zero-order chi connectivity index (χ0) is 13.4. The molecule has 0 fully saturated rings. The van der Waals surface area contributed by atoms with Crippen LogP contribution in [0.5, 0.6) is 11.5 Å². The molecular weight excluding hydrogens is 240 g/mol. The first-order valence-electron chi connectivity index (χ1n) is 6.00. The van der Waals surface area contributed by atoms with E-state index in [0.29, 0.717) is 5.75 Å². The molecule has 0 radical (unpaired) electrons. The van der Waals surface area contributed by atoms with E-state index in [-0.39, 0.29) is 5.75 Å². The summed E-state index contributed by atoms with van der Waals surface area (Å²) in [5.74, 6) is 0.580. The fourth-order valence-electron chi connectivity index (χ4n) is 2.08. The SMILES string of the molecule is COc1cc(-c2cn3cc(C)ccc3n2)ccc1O. The highest BCUT2D eigenvalue weighted by Gasteiger charge is 2.08. The van der Waals surface area contributed by atoms with E-state index in [1.54, 1.807) is 12.1 Å². The molecule has 0 amide bonds. The van der Waals surface area contributed by atoms with Crippen LogP contribution in [-0.4, -0.2) is 21.6 Å². The fraction of sp³-hybridized carbons (Fsp3) is 0.133. The average Bonchev–Trinajstić information content (AvgIpc) is 2.82. The van der Waals surface area contributed by atoms with Gasteiger partial charge in [0, 0.05) is 18.0 Å². The third kappa shape index (κ3) is 2.01. The van der Waals surface area contributed by atoms with Crippen LogP contribution in [0.3, 0.4) is 0 Å². The van der Waals surface area contributed by atoms with E-state index < -0.39 is 0 Å². The van der Waals surface area contributed by atoms with E-state index in [1.165, 1.54) is 12.7 Å². The number of imidazole rings is 1. The van der Waals surface area contributed by atoms with Crippen LogP contribution in [0.15, 0.2) is 42.7 Å². The molecule has 1 N–H and O–H groups in total. The largest absolute Gasteiger partial charge is 0.504 e. The summed E-state index contributed by atoms with van der Waals surface area (Å²) in [6.07, 6.45) is 4.00. The number of methoxy groups -OCH3 is 1. The molecule has 4 heteroatoms. The number of hydrogen-bond donors (Lipinski definition) is 1. The Labute approximate surface area is 110 Å². The molecule has 1 aromatic carbocycles. The molecule has 0 bridgehead atoms. The van der Waals surface area contributed by atoms with E-state index in [1.807, 2.05) is 41.9 Å². The Hall–Kier alpha value is -2.49. The van der Waals surface area contributed by atoms with Gasteiger partial charge in [-0.1, -0.05) is 6.07 Å². The Morgan fingerprint density at radius 2 is 2.00 bits per heavy atom. The Kier molecular flexibility index (Phi) is 2.63. The second kappa shape index (κ2) is 4.31. The molecule has 0 aliphatic heterocycles. The maximum atomic E-state index is 9.61. The van der Waals surface area contributed by atoms with E-state index in [9.17, 15) is 5.11 Å². The number of pyridine rings is 1. The van der Waals surface area contributed by atoms with E-state index in [2.05, 4.69) is 4.98 Å². The third-order valence-corrected chi connectivity index (χ3v) is 3.07. The van der Waals surface area contributed by atoms with Crippen LogP contribution in [-0.2, 0) is 0 Å². The van der Waals surface area contributed by atoms with Crippen molar-refractivity contribution in [1.82, 2.24) is 9.38 Å². The average molecular weight is 254 g/mol. The van der Waals surface area contributed by atoms with E-state index in [0.717, 1.165) is 16.9 Å². The Morgan fingerprint density at radius 1 is 1.16 bits per heavy atom. The summed E-state index contributed by atoms with van der Waals surface area (Å²) in [4.78, 5) is 4.55. The summed E-state index contributed by atoms with van der Waals surface area (Å²) < 4.78 is 7.11. The Balaban J connectivity index is 2.13. The molecule has 0 aliphatic carbocycles. The van der Waals surface area contributed by atoms with Crippen molar-refractivity contribution in [2.24, 2.45) is 0 Å². The number of ether oxygens (including phenoxy) is 1. The Morgan fingerprint density at radius 3 is 2.79 bits per heavy atom. The second-order valence-electron chi connectivity index (χ2n) is 4.48. The molecule has 0 unspecified atom stereocenters. The summed E-state index contributed by atoms with van der Waals surface area (Å²) >= 11 is 0.